The van der Waals surface area contributed by atoms with Gasteiger partial charge >= 0.3 is 0 Å². The van der Waals surface area contributed by atoms with Gasteiger partial charge in [0.25, 0.3) is 0 Å². The fourth-order valence-electron chi connectivity index (χ4n) is 3.21. The third kappa shape index (κ3) is 4.49. The van der Waals surface area contributed by atoms with Crippen LogP contribution in [0.4, 0.5) is 5.69 Å². The van der Waals surface area contributed by atoms with Crippen LogP contribution in [-0.4, -0.2) is 35.2 Å². The number of halogens is 1. The number of piperidine rings is 1. The number of anilines is 1. The molecule has 3 rings (SSSR count). The molecule has 0 unspecified atom stereocenters. The molecule has 0 aliphatic carbocycles. The van der Waals surface area contributed by atoms with Crippen LogP contribution in [-0.2, 0) is 6.54 Å². The van der Waals surface area contributed by atoms with Gasteiger partial charge in [-0.3, -0.25) is 0 Å². The van der Waals surface area contributed by atoms with Crippen LogP contribution < -0.4 is 10.2 Å². The summed E-state index contributed by atoms with van der Waals surface area (Å²) in [5.41, 5.74) is 1.24. The predicted molar refractivity (Wildman–Crippen MR) is 96.3 cm³/mol. The normalized spacial score (nSPS) is 16.0. The molecule has 1 aromatic carbocycles. The van der Waals surface area contributed by atoms with Gasteiger partial charge in [-0.15, -0.1) is 0 Å². The highest BCUT2D eigenvalue weighted by Crippen LogP contribution is 2.23. The monoisotopic (exact) mass is 332 g/mol. The zero-order valence-electron chi connectivity index (χ0n) is 13.7. The van der Waals surface area contributed by atoms with Crippen molar-refractivity contribution in [1.29, 1.82) is 0 Å². The van der Waals surface area contributed by atoms with E-state index >= 15 is 0 Å². The van der Waals surface area contributed by atoms with E-state index in [1.54, 1.807) is 0 Å². The molecule has 2 aromatic rings. The summed E-state index contributed by atoms with van der Waals surface area (Å²) < 4.78 is 2.21. The van der Waals surface area contributed by atoms with E-state index in [1.807, 2.05) is 18.3 Å². The van der Waals surface area contributed by atoms with E-state index in [1.165, 1.54) is 18.5 Å². The van der Waals surface area contributed by atoms with Crippen molar-refractivity contribution >= 4 is 17.3 Å². The Labute approximate surface area is 143 Å². The van der Waals surface area contributed by atoms with Crippen LogP contribution >= 0.6 is 11.6 Å². The van der Waals surface area contributed by atoms with E-state index < -0.39 is 0 Å². The molecule has 0 atom stereocenters. The lowest BCUT2D eigenvalue weighted by molar-refractivity contribution is 0.406. The summed E-state index contributed by atoms with van der Waals surface area (Å²) in [6, 6.07) is 8.80. The van der Waals surface area contributed by atoms with Gasteiger partial charge in [-0.2, -0.15) is 0 Å². The third-order valence-corrected chi connectivity index (χ3v) is 4.84. The second-order valence-corrected chi connectivity index (χ2v) is 6.65. The third-order valence-electron chi connectivity index (χ3n) is 4.60. The molecule has 1 aliphatic rings. The van der Waals surface area contributed by atoms with Crippen LogP contribution in [0.3, 0.4) is 0 Å². The highest BCUT2D eigenvalue weighted by Gasteiger charge is 2.18. The lowest BCUT2D eigenvalue weighted by Gasteiger charge is -2.34. The first-order valence-corrected chi connectivity index (χ1v) is 8.82. The average Bonchev–Trinajstić information content (AvgIpc) is 2.97. The number of nitrogens with one attached hydrogen (secondary N) is 1. The van der Waals surface area contributed by atoms with Crippen molar-refractivity contribution in [3.05, 3.63) is 47.5 Å². The van der Waals surface area contributed by atoms with Gasteiger partial charge in [0.15, 0.2) is 0 Å². The second-order valence-electron chi connectivity index (χ2n) is 6.22. The van der Waals surface area contributed by atoms with E-state index in [0.29, 0.717) is 6.04 Å². The molecule has 0 radical (unpaired) electrons. The van der Waals surface area contributed by atoms with Gasteiger partial charge in [0, 0.05) is 48.8 Å². The molecule has 5 heteroatoms. The summed E-state index contributed by atoms with van der Waals surface area (Å²) in [5, 5.41) is 4.52. The Bertz CT molecular complexity index is 617. The number of imidazole rings is 1. The maximum atomic E-state index is 6.09. The summed E-state index contributed by atoms with van der Waals surface area (Å²) in [4.78, 5) is 6.69. The van der Waals surface area contributed by atoms with Crippen LogP contribution in [0.1, 0.15) is 25.1 Å². The molecule has 1 saturated heterocycles. The molecule has 0 spiro atoms. The van der Waals surface area contributed by atoms with Crippen LogP contribution in [0.15, 0.2) is 36.7 Å². The molecule has 1 fully saturated rings. The van der Waals surface area contributed by atoms with Crippen molar-refractivity contribution in [3.8, 4) is 0 Å². The van der Waals surface area contributed by atoms with Gasteiger partial charge in [0.05, 0.1) is 0 Å². The minimum atomic E-state index is 0.634. The molecule has 0 bridgehead atoms. The Hall–Kier alpha value is -1.52. The highest BCUT2D eigenvalue weighted by molar-refractivity contribution is 6.30. The number of hydrogen-bond acceptors (Lipinski definition) is 3. The summed E-state index contributed by atoms with van der Waals surface area (Å²) in [6.45, 7) is 6.36. The first kappa shape index (κ1) is 16.3. The van der Waals surface area contributed by atoms with E-state index in [4.69, 9.17) is 11.6 Å². The number of aromatic nitrogens is 2. The van der Waals surface area contributed by atoms with E-state index in [-0.39, 0.29) is 0 Å². The molecule has 1 aromatic heterocycles. The number of rotatable bonds is 6. The molecule has 0 saturated carbocycles. The molecular formula is C18H25ClN4. The lowest BCUT2D eigenvalue weighted by Crippen LogP contribution is -2.43. The van der Waals surface area contributed by atoms with E-state index in [9.17, 15) is 0 Å². The SMILES string of the molecule is Cc1nccn1CCCNC1CCN(c2cccc(Cl)c2)CC1. The molecule has 124 valence electrons. The number of nitrogens with zero attached hydrogens (tertiary/aromatic N) is 3. The summed E-state index contributed by atoms with van der Waals surface area (Å²) in [7, 11) is 0. The maximum absolute atomic E-state index is 6.09. The summed E-state index contributed by atoms with van der Waals surface area (Å²) >= 11 is 6.09. The van der Waals surface area contributed by atoms with Gasteiger partial charge in [-0.1, -0.05) is 17.7 Å². The Kier molecular flexibility index (Phi) is 5.57. The zero-order chi connectivity index (χ0) is 16.1. The quantitative estimate of drug-likeness (QED) is 0.822. The Morgan fingerprint density at radius 3 is 2.83 bits per heavy atom. The first-order chi connectivity index (χ1) is 11.2. The van der Waals surface area contributed by atoms with Crippen molar-refractivity contribution < 1.29 is 0 Å². The van der Waals surface area contributed by atoms with E-state index in [2.05, 4.69) is 45.0 Å². The topological polar surface area (TPSA) is 33.1 Å². The number of aryl methyl sites for hydroxylation is 2. The largest absolute Gasteiger partial charge is 0.371 e. The molecule has 1 aliphatic heterocycles. The zero-order valence-corrected chi connectivity index (χ0v) is 14.5. The smallest absolute Gasteiger partial charge is 0.105 e. The van der Waals surface area contributed by atoms with Crippen molar-refractivity contribution in [3.63, 3.8) is 0 Å². The Balaban J connectivity index is 1.37. The van der Waals surface area contributed by atoms with Gasteiger partial charge in [0.1, 0.15) is 5.82 Å². The Morgan fingerprint density at radius 2 is 2.13 bits per heavy atom. The number of hydrogen-bond donors (Lipinski definition) is 1. The van der Waals surface area contributed by atoms with Gasteiger partial charge in [0.2, 0.25) is 0 Å². The van der Waals surface area contributed by atoms with Crippen LogP contribution in [0.25, 0.3) is 0 Å². The second kappa shape index (κ2) is 7.84. The fourth-order valence-corrected chi connectivity index (χ4v) is 3.39. The average molecular weight is 333 g/mol. The fraction of sp³-hybridized carbons (Fsp3) is 0.500. The van der Waals surface area contributed by atoms with Crippen molar-refractivity contribution in [2.24, 2.45) is 0 Å². The van der Waals surface area contributed by atoms with E-state index in [0.717, 1.165) is 43.4 Å². The summed E-state index contributed by atoms with van der Waals surface area (Å²) in [6.07, 6.45) is 7.45. The Morgan fingerprint density at radius 1 is 1.30 bits per heavy atom. The molecule has 0 amide bonds. The summed E-state index contributed by atoms with van der Waals surface area (Å²) in [5.74, 6) is 1.10. The van der Waals surface area contributed by atoms with Crippen molar-refractivity contribution in [1.82, 2.24) is 14.9 Å². The van der Waals surface area contributed by atoms with Gasteiger partial charge in [-0.05, 0) is 50.9 Å². The first-order valence-electron chi connectivity index (χ1n) is 8.44. The van der Waals surface area contributed by atoms with Crippen LogP contribution in [0, 0.1) is 6.92 Å². The molecule has 2 heterocycles. The minimum Gasteiger partial charge on any atom is -0.371 e. The van der Waals surface area contributed by atoms with Crippen LogP contribution in [0.5, 0.6) is 0 Å². The predicted octanol–water partition coefficient (Wildman–Crippen LogP) is 3.49. The molecule has 23 heavy (non-hydrogen) atoms. The van der Waals surface area contributed by atoms with Crippen molar-refractivity contribution in [2.75, 3.05) is 24.5 Å². The highest BCUT2D eigenvalue weighted by atomic mass is 35.5. The molecule has 4 nitrogen and oxygen atoms in total. The minimum absolute atomic E-state index is 0.634. The van der Waals surface area contributed by atoms with Gasteiger partial charge < -0.3 is 14.8 Å². The van der Waals surface area contributed by atoms with Gasteiger partial charge in [-0.25, -0.2) is 4.98 Å². The van der Waals surface area contributed by atoms with Crippen LogP contribution in [0.2, 0.25) is 5.02 Å². The lowest BCUT2D eigenvalue weighted by atomic mass is 10.0. The maximum Gasteiger partial charge on any atom is 0.105 e. The van der Waals surface area contributed by atoms with Crippen molar-refractivity contribution in [2.45, 2.75) is 38.8 Å². The number of benzene rings is 1. The molecule has 1 N–H and O–H groups in total. The standard InChI is InChI=1S/C18H25ClN4/c1-15-20-9-13-22(15)10-3-8-21-17-6-11-23(12-7-17)18-5-2-4-16(19)14-18/h2,4-5,9,13-14,17,21H,3,6-8,10-12H2,1H3. The molecular weight excluding hydrogens is 308 g/mol.